The second-order valence-corrected chi connectivity index (χ2v) is 5.27. The van der Waals surface area contributed by atoms with Crippen LogP contribution in [-0.4, -0.2) is 54.8 Å². The van der Waals surface area contributed by atoms with Gasteiger partial charge in [-0.3, -0.25) is 4.79 Å². The highest BCUT2D eigenvalue weighted by atomic mass is 16.5. The van der Waals surface area contributed by atoms with Crippen molar-refractivity contribution in [3.05, 3.63) is 35.6 Å². The lowest BCUT2D eigenvalue weighted by molar-refractivity contribution is -0.147. The molecule has 1 aromatic heterocycles. The van der Waals surface area contributed by atoms with E-state index in [9.17, 15) is 14.7 Å². The molecule has 7 nitrogen and oxygen atoms in total. The van der Waals surface area contributed by atoms with Crippen LogP contribution >= 0.6 is 0 Å². The van der Waals surface area contributed by atoms with Crippen LogP contribution < -0.4 is 0 Å². The molecule has 3 rings (SSSR count). The molecule has 1 saturated heterocycles. The molecule has 0 radical (unpaired) electrons. The number of morpholine rings is 1. The summed E-state index contributed by atoms with van der Waals surface area (Å²) in [5.41, 5.74) is 1.20. The number of nitrogens with zero attached hydrogens (tertiary/aromatic N) is 1. The smallest absolute Gasteiger partial charge is 0.328 e. The number of para-hydroxylation sites is 1. The van der Waals surface area contributed by atoms with Crippen molar-refractivity contribution < 1.29 is 28.6 Å². The van der Waals surface area contributed by atoms with E-state index in [1.54, 1.807) is 6.07 Å². The van der Waals surface area contributed by atoms with Crippen molar-refractivity contribution in [2.75, 3.05) is 26.9 Å². The maximum atomic E-state index is 12.8. The molecule has 1 aliphatic rings. The largest absolute Gasteiger partial charge is 0.480 e. The first-order chi connectivity index (χ1) is 11.1. The summed E-state index contributed by atoms with van der Waals surface area (Å²) < 4.78 is 16.0. The van der Waals surface area contributed by atoms with Gasteiger partial charge in [0.05, 0.1) is 19.8 Å². The number of benzene rings is 1. The van der Waals surface area contributed by atoms with E-state index in [0.717, 1.165) is 5.39 Å². The zero-order valence-corrected chi connectivity index (χ0v) is 12.7. The lowest BCUT2D eigenvalue weighted by atomic mass is 10.1. The third-order valence-electron chi connectivity index (χ3n) is 3.86. The number of carbonyl (C=O) groups is 2. The lowest BCUT2D eigenvalue weighted by Gasteiger charge is -2.32. The zero-order chi connectivity index (χ0) is 16.4. The topological polar surface area (TPSA) is 89.2 Å². The van der Waals surface area contributed by atoms with Crippen LogP contribution in [-0.2, 0) is 20.9 Å². The van der Waals surface area contributed by atoms with Gasteiger partial charge in [0.15, 0.2) is 11.8 Å². The molecule has 1 amide bonds. The van der Waals surface area contributed by atoms with Crippen molar-refractivity contribution in [1.29, 1.82) is 0 Å². The molecule has 122 valence electrons. The van der Waals surface area contributed by atoms with E-state index in [-0.39, 0.29) is 25.5 Å². The van der Waals surface area contributed by atoms with Crippen LogP contribution in [0.2, 0.25) is 0 Å². The minimum absolute atomic E-state index is 0.0269. The number of carbonyl (C=O) groups excluding carboxylic acids is 1. The highest BCUT2D eigenvalue weighted by Gasteiger charge is 2.36. The van der Waals surface area contributed by atoms with E-state index in [0.29, 0.717) is 17.8 Å². The first-order valence-electron chi connectivity index (χ1n) is 7.24. The predicted molar refractivity (Wildman–Crippen MR) is 80.2 cm³/mol. The van der Waals surface area contributed by atoms with Crippen LogP contribution in [0, 0.1) is 0 Å². The fourth-order valence-corrected chi connectivity index (χ4v) is 2.74. The predicted octanol–water partition coefficient (Wildman–Crippen LogP) is 1.50. The second-order valence-electron chi connectivity index (χ2n) is 5.27. The van der Waals surface area contributed by atoms with Crippen LogP contribution in [0.4, 0.5) is 0 Å². The fourth-order valence-electron chi connectivity index (χ4n) is 2.74. The molecule has 0 bridgehead atoms. The summed E-state index contributed by atoms with van der Waals surface area (Å²) in [6, 6.07) is 6.25. The Labute approximate surface area is 132 Å². The molecule has 1 aromatic carbocycles. The van der Waals surface area contributed by atoms with Crippen LogP contribution in [0.25, 0.3) is 11.0 Å². The third-order valence-corrected chi connectivity index (χ3v) is 3.86. The Kier molecular flexibility index (Phi) is 4.31. The second kappa shape index (κ2) is 6.39. The number of amides is 1. The standard InChI is InChI=1S/C16H17NO6/c1-21-8-11-10-4-2-3-5-13(10)23-14(11)15(18)17-6-7-22-9-12(17)16(19)20/h2-5,12H,6-9H2,1H3,(H,19,20). The van der Waals surface area contributed by atoms with Crippen molar-refractivity contribution >= 4 is 22.8 Å². The number of carboxylic acids is 1. The molecule has 1 atom stereocenters. The van der Waals surface area contributed by atoms with E-state index < -0.39 is 17.9 Å². The molecule has 2 heterocycles. The van der Waals surface area contributed by atoms with Gasteiger partial charge in [-0.05, 0) is 6.07 Å². The Hall–Kier alpha value is -2.38. The lowest BCUT2D eigenvalue weighted by Crippen LogP contribution is -2.52. The summed E-state index contributed by atoms with van der Waals surface area (Å²) >= 11 is 0. The van der Waals surface area contributed by atoms with Crippen molar-refractivity contribution in [3.8, 4) is 0 Å². The Morgan fingerprint density at radius 2 is 2.17 bits per heavy atom. The average Bonchev–Trinajstić information content (AvgIpc) is 2.93. The van der Waals surface area contributed by atoms with E-state index in [4.69, 9.17) is 13.9 Å². The maximum Gasteiger partial charge on any atom is 0.328 e. The van der Waals surface area contributed by atoms with E-state index in [1.165, 1.54) is 12.0 Å². The number of methoxy groups -OCH3 is 1. The zero-order valence-electron chi connectivity index (χ0n) is 12.7. The number of hydrogen-bond acceptors (Lipinski definition) is 5. The van der Waals surface area contributed by atoms with Gasteiger partial charge < -0.3 is 23.9 Å². The molecule has 1 unspecified atom stereocenters. The van der Waals surface area contributed by atoms with Crippen molar-refractivity contribution in [3.63, 3.8) is 0 Å². The summed E-state index contributed by atoms with van der Waals surface area (Å²) in [7, 11) is 1.53. The van der Waals surface area contributed by atoms with E-state index in [2.05, 4.69) is 0 Å². The molecule has 7 heteroatoms. The number of carboxylic acid groups (broad SMARTS) is 1. The first kappa shape index (κ1) is 15.5. The Morgan fingerprint density at radius 1 is 1.39 bits per heavy atom. The molecule has 1 fully saturated rings. The number of hydrogen-bond donors (Lipinski definition) is 1. The Balaban J connectivity index is 2.02. The van der Waals surface area contributed by atoms with Gasteiger partial charge in [0.2, 0.25) is 0 Å². The van der Waals surface area contributed by atoms with Gasteiger partial charge in [-0.2, -0.15) is 0 Å². The van der Waals surface area contributed by atoms with Gasteiger partial charge in [0.1, 0.15) is 5.58 Å². The quantitative estimate of drug-likeness (QED) is 0.919. The molecule has 0 spiro atoms. The van der Waals surface area contributed by atoms with Gasteiger partial charge in [-0.25, -0.2) is 4.79 Å². The van der Waals surface area contributed by atoms with Gasteiger partial charge in [0, 0.05) is 24.6 Å². The molecule has 1 aliphatic heterocycles. The van der Waals surface area contributed by atoms with Crippen LogP contribution in [0.1, 0.15) is 16.1 Å². The number of furan rings is 1. The summed E-state index contributed by atoms with van der Waals surface area (Å²) in [4.78, 5) is 25.5. The molecule has 23 heavy (non-hydrogen) atoms. The van der Waals surface area contributed by atoms with Crippen LogP contribution in [0.3, 0.4) is 0 Å². The summed E-state index contributed by atoms with van der Waals surface area (Å²) in [6.07, 6.45) is 0. The van der Waals surface area contributed by atoms with Gasteiger partial charge in [-0.15, -0.1) is 0 Å². The number of rotatable bonds is 4. The average molecular weight is 319 g/mol. The van der Waals surface area contributed by atoms with Crippen molar-refractivity contribution in [2.24, 2.45) is 0 Å². The highest BCUT2D eigenvalue weighted by Crippen LogP contribution is 2.28. The molecule has 2 aromatic rings. The van der Waals surface area contributed by atoms with E-state index >= 15 is 0 Å². The minimum atomic E-state index is -1.09. The Morgan fingerprint density at radius 3 is 2.91 bits per heavy atom. The van der Waals surface area contributed by atoms with Gasteiger partial charge in [0.25, 0.3) is 5.91 Å². The van der Waals surface area contributed by atoms with Crippen molar-refractivity contribution in [1.82, 2.24) is 4.90 Å². The summed E-state index contributed by atoms with van der Waals surface area (Å²) in [5.74, 6) is -1.42. The summed E-state index contributed by atoms with van der Waals surface area (Å²) in [5, 5.41) is 10.1. The fraction of sp³-hybridized carbons (Fsp3) is 0.375. The van der Waals surface area contributed by atoms with Crippen LogP contribution in [0.5, 0.6) is 0 Å². The maximum absolute atomic E-state index is 12.8. The number of ether oxygens (including phenoxy) is 2. The first-order valence-corrected chi connectivity index (χ1v) is 7.24. The van der Waals surface area contributed by atoms with Crippen molar-refractivity contribution in [2.45, 2.75) is 12.6 Å². The van der Waals surface area contributed by atoms with Gasteiger partial charge >= 0.3 is 5.97 Å². The number of aliphatic carboxylic acids is 1. The highest BCUT2D eigenvalue weighted by molar-refractivity contribution is 6.00. The minimum Gasteiger partial charge on any atom is -0.480 e. The molecule has 0 saturated carbocycles. The SMILES string of the molecule is COCc1c(C(=O)N2CCOCC2C(=O)O)oc2ccccc12. The monoisotopic (exact) mass is 319 g/mol. The van der Waals surface area contributed by atoms with Gasteiger partial charge in [-0.1, -0.05) is 18.2 Å². The Bertz CT molecular complexity index is 737. The number of fused-ring (bicyclic) bond motifs is 1. The third kappa shape index (κ3) is 2.80. The van der Waals surface area contributed by atoms with E-state index in [1.807, 2.05) is 18.2 Å². The molecule has 1 N–H and O–H groups in total. The molecule has 0 aliphatic carbocycles. The normalized spacial score (nSPS) is 18.3. The molecular weight excluding hydrogens is 302 g/mol. The summed E-state index contributed by atoms with van der Waals surface area (Å²) in [6.45, 7) is 0.690. The van der Waals surface area contributed by atoms with Crippen LogP contribution in [0.15, 0.2) is 28.7 Å². The molecular formula is C16H17NO6.